The van der Waals surface area contributed by atoms with Gasteiger partial charge in [0.05, 0.1) is 6.61 Å². The number of ether oxygens (including phenoxy) is 1. The van der Waals surface area contributed by atoms with Crippen LogP contribution in [0.4, 0.5) is 5.69 Å². The van der Waals surface area contributed by atoms with Crippen molar-refractivity contribution in [3.63, 3.8) is 0 Å². The van der Waals surface area contributed by atoms with Crippen molar-refractivity contribution in [2.75, 3.05) is 31.6 Å². The third-order valence-electron chi connectivity index (χ3n) is 3.36. The molecule has 17 heavy (non-hydrogen) atoms. The van der Waals surface area contributed by atoms with Crippen molar-refractivity contribution in [2.24, 2.45) is 0 Å². The van der Waals surface area contributed by atoms with Crippen molar-refractivity contribution < 1.29 is 4.74 Å². The second kappa shape index (κ2) is 6.03. The lowest BCUT2D eigenvalue weighted by molar-refractivity contribution is 0.185. The first-order valence-corrected chi connectivity index (χ1v) is 6.39. The van der Waals surface area contributed by atoms with Gasteiger partial charge in [-0.3, -0.25) is 0 Å². The fraction of sp³-hybridized carbons (Fsp3) is 0.571. The van der Waals surface area contributed by atoms with E-state index in [0.717, 1.165) is 19.6 Å². The highest BCUT2D eigenvalue weighted by atomic mass is 16.5. The summed E-state index contributed by atoms with van der Waals surface area (Å²) in [5, 5.41) is 3.54. The zero-order valence-corrected chi connectivity index (χ0v) is 10.8. The Morgan fingerprint density at radius 1 is 1.35 bits per heavy atom. The molecule has 1 atom stereocenters. The summed E-state index contributed by atoms with van der Waals surface area (Å²) in [6.07, 6.45) is 1.19. The molecule has 0 aromatic heterocycles. The summed E-state index contributed by atoms with van der Waals surface area (Å²) in [4.78, 5) is 2.46. The molecule has 2 rings (SSSR count). The fourth-order valence-electron chi connectivity index (χ4n) is 2.30. The van der Waals surface area contributed by atoms with Crippen molar-refractivity contribution in [1.82, 2.24) is 5.32 Å². The van der Waals surface area contributed by atoms with Gasteiger partial charge in [0.2, 0.25) is 0 Å². The first kappa shape index (κ1) is 12.4. The van der Waals surface area contributed by atoms with Crippen LogP contribution in [0, 0.1) is 0 Å². The molecule has 1 aliphatic rings. The molecule has 1 N–H and O–H groups in total. The lowest BCUT2D eigenvalue weighted by Gasteiger charge is -2.35. The van der Waals surface area contributed by atoms with Gasteiger partial charge in [0.1, 0.15) is 0 Å². The van der Waals surface area contributed by atoms with Gasteiger partial charge in [-0.25, -0.2) is 0 Å². The molecule has 3 nitrogen and oxygen atoms in total. The summed E-state index contributed by atoms with van der Waals surface area (Å²) in [5.74, 6) is 0. The zero-order valence-electron chi connectivity index (χ0n) is 10.8. The fourth-order valence-corrected chi connectivity index (χ4v) is 2.30. The minimum atomic E-state index is 0.627. The first-order valence-electron chi connectivity index (χ1n) is 6.39. The number of nitrogens with one attached hydrogen (secondary N) is 1. The van der Waals surface area contributed by atoms with Crippen LogP contribution < -0.4 is 10.2 Å². The maximum absolute atomic E-state index is 5.12. The van der Waals surface area contributed by atoms with Crippen LogP contribution in [0.25, 0.3) is 0 Å². The molecule has 0 aliphatic carbocycles. The molecule has 0 radical (unpaired) electrons. The molecule has 1 unspecified atom stereocenters. The maximum Gasteiger partial charge on any atom is 0.0713 e. The van der Waals surface area contributed by atoms with Crippen LogP contribution in [0.5, 0.6) is 0 Å². The van der Waals surface area contributed by atoms with Gasteiger partial charge in [0.25, 0.3) is 0 Å². The van der Waals surface area contributed by atoms with Crippen LogP contribution in [0.15, 0.2) is 24.3 Å². The topological polar surface area (TPSA) is 24.5 Å². The van der Waals surface area contributed by atoms with Crippen LogP contribution >= 0.6 is 0 Å². The molecule has 0 saturated carbocycles. The van der Waals surface area contributed by atoms with Crippen LogP contribution in [0.2, 0.25) is 0 Å². The van der Waals surface area contributed by atoms with E-state index in [4.69, 9.17) is 4.74 Å². The highest BCUT2D eigenvalue weighted by molar-refractivity contribution is 5.48. The van der Waals surface area contributed by atoms with Gasteiger partial charge in [-0.1, -0.05) is 19.1 Å². The Morgan fingerprint density at radius 2 is 2.12 bits per heavy atom. The third-order valence-corrected chi connectivity index (χ3v) is 3.36. The van der Waals surface area contributed by atoms with E-state index in [-0.39, 0.29) is 0 Å². The first-order chi connectivity index (χ1) is 8.33. The number of piperazine rings is 1. The highest BCUT2D eigenvalue weighted by Gasteiger charge is 2.17. The van der Waals surface area contributed by atoms with Crippen molar-refractivity contribution in [2.45, 2.75) is 26.0 Å². The summed E-state index contributed by atoms with van der Waals surface area (Å²) in [7, 11) is 1.73. The maximum atomic E-state index is 5.12. The predicted octanol–water partition coefficient (Wildman–Crippen LogP) is 2.02. The molecule has 1 aliphatic heterocycles. The third kappa shape index (κ3) is 3.20. The largest absolute Gasteiger partial charge is 0.380 e. The van der Waals surface area contributed by atoms with Crippen LogP contribution in [-0.2, 0) is 11.3 Å². The molecule has 1 aromatic rings. The number of rotatable bonds is 4. The van der Waals surface area contributed by atoms with Gasteiger partial charge < -0.3 is 15.0 Å². The van der Waals surface area contributed by atoms with E-state index in [0.29, 0.717) is 12.6 Å². The van der Waals surface area contributed by atoms with E-state index in [9.17, 15) is 0 Å². The molecule has 1 fully saturated rings. The van der Waals surface area contributed by atoms with Crippen LogP contribution in [0.1, 0.15) is 18.9 Å². The van der Waals surface area contributed by atoms with Gasteiger partial charge >= 0.3 is 0 Å². The van der Waals surface area contributed by atoms with Crippen LogP contribution in [-0.4, -0.2) is 32.8 Å². The molecule has 0 spiro atoms. The molecule has 1 saturated heterocycles. The average Bonchev–Trinajstić information content (AvgIpc) is 2.40. The van der Waals surface area contributed by atoms with Crippen molar-refractivity contribution in [3.05, 3.63) is 29.8 Å². The van der Waals surface area contributed by atoms with Gasteiger partial charge in [-0.2, -0.15) is 0 Å². The summed E-state index contributed by atoms with van der Waals surface area (Å²) in [6.45, 7) is 6.22. The average molecular weight is 234 g/mol. The quantitative estimate of drug-likeness (QED) is 0.862. The number of anilines is 1. The summed E-state index contributed by atoms with van der Waals surface area (Å²) in [6, 6.07) is 9.34. The summed E-state index contributed by atoms with van der Waals surface area (Å²) < 4.78 is 5.12. The van der Waals surface area contributed by atoms with Crippen molar-refractivity contribution in [3.8, 4) is 0 Å². The Labute approximate surface area is 104 Å². The molecular formula is C14H22N2O. The molecule has 1 aromatic carbocycles. The smallest absolute Gasteiger partial charge is 0.0713 e. The molecular weight excluding hydrogens is 212 g/mol. The van der Waals surface area contributed by atoms with Crippen molar-refractivity contribution >= 4 is 5.69 Å². The molecule has 1 heterocycles. The van der Waals surface area contributed by atoms with Gasteiger partial charge in [-0.15, -0.1) is 0 Å². The normalized spacial score (nSPS) is 20.6. The number of hydrogen-bond donors (Lipinski definition) is 1. The van der Waals surface area contributed by atoms with Gasteiger partial charge in [-0.05, 0) is 24.1 Å². The van der Waals surface area contributed by atoms with Gasteiger partial charge in [0.15, 0.2) is 0 Å². The monoisotopic (exact) mass is 234 g/mol. The number of methoxy groups -OCH3 is 1. The summed E-state index contributed by atoms with van der Waals surface area (Å²) in [5.41, 5.74) is 2.56. The Hall–Kier alpha value is -1.06. The Morgan fingerprint density at radius 3 is 2.76 bits per heavy atom. The number of benzene rings is 1. The minimum Gasteiger partial charge on any atom is -0.380 e. The molecule has 94 valence electrons. The van der Waals surface area contributed by atoms with Gasteiger partial charge in [0, 0.05) is 38.5 Å². The zero-order chi connectivity index (χ0) is 12.1. The van der Waals surface area contributed by atoms with E-state index < -0.39 is 0 Å². The predicted molar refractivity (Wildman–Crippen MR) is 71.4 cm³/mol. The molecule has 0 bridgehead atoms. The van der Waals surface area contributed by atoms with Crippen molar-refractivity contribution in [1.29, 1.82) is 0 Å². The highest BCUT2D eigenvalue weighted by Crippen LogP contribution is 2.17. The summed E-state index contributed by atoms with van der Waals surface area (Å²) >= 11 is 0. The Kier molecular flexibility index (Phi) is 4.40. The second-order valence-electron chi connectivity index (χ2n) is 4.60. The standard InChI is InChI=1S/C14H22N2O/c1-3-13-10-16(9-8-15-13)14-6-4-12(5-7-14)11-17-2/h4-7,13,15H,3,8-11H2,1-2H3. The second-order valence-corrected chi connectivity index (χ2v) is 4.60. The Balaban J connectivity index is 2.01. The van der Waals surface area contributed by atoms with E-state index >= 15 is 0 Å². The van der Waals surface area contributed by atoms with E-state index in [2.05, 4.69) is 41.4 Å². The van der Waals surface area contributed by atoms with Crippen LogP contribution in [0.3, 0.4) is 0 Å². The van der Waals surface area contributed by atoms with E-state index in [1.165, 1.54) is 17.7 Å². The van der Waals surface area contributed by atoms with E-state index in [1.807, 2.05) is 0 Å². The lowest BCUT2D eigenvalue weighted by Crippen LogP contribution is -2.50. The molecule has 3 heteroatoms. The van der Waals surface area contributed by atoms with E-state index in [1.54, 1.807) is 7.11 Å². The SMILES string of the molecule is CCC1CN(c2ccc(COC)cc2)CCN1. The lowest BCUT2D eigenvalue weighted by atomic mass is 10.1. The minimum absolute atomic E-state index is 0.627. The molecule has 0 amide bonds. The number of hydrogen-bond acceptors (Lipinski definition) is 3. The Bertz CT molecular complexity index is 337. The number of nitrogens with zero attached hydrogens (tertiary/aromatic N) is 1.